The fourth-order valence-electron chi connectivity index (χ4n) is 3.28. The van der Waals surface area contributed by atoms with Gasteiger partial charge in [-0.3, -0.25) is 0 Å². The maximum absolute atomic E-state index is 11.0. The minimum Gasteiger partial charge on any atom is -0.490 e. The molecule has 3 atom stereocenters. The maximum atomic E-state index is 11.0. The average Bonchev–Trinajstić information content (AvgIpc) is 2.40. The molecule has 96 valence electrons. The van der Waals surface area contributed by atoms with E-state index in [0.717, 1.165) is 35.0 Å². The fourth-order valence-corrected chi connectivity index (χ4v) is 3.64. The second-order valence-corrected chi connectivity index (χ2v) is 6.13. The second kappa shape index (κ2) is 4.39. The molecule has 1 aromatic rings. The largest absolute Gasteiger partial charge is 0.490 e. The van der Waals surface area contributed by atoms with Gasteiger partial charge in [-0.25, -0.2) is 0 Å². The number of fused-ring (bicyclic) bond motifs is 2. The standard InChI is InChI=1S/C15H17BrO2/c1-2-15(17)11-5-3-4-6-13(11)18-14-8-7-10(16)9-12(14)15/h2,7-9,11,13,17H,1,3-6H2/t11-,13-,15?/m0/s1. The van der Waals surface area contributed by atoms with E-state index in [1.807, 2.05) is 18.2 Å². The van der Waals surface area contributed by atoms with Crippen molar-refractivity contribution in [1.29, 1.82) is 0 Å². The van der Waals surface area contributed by atoms with Gasteiger partial charge in [0.25, 0.3) is 0 Å². The molecule has 0 amide bonds. The zero-order chi connectivity index (χ0) is 12.8. The zero-order valence-corrected chi connectivity index (χ0v) is 11.8. The Morgan fingerprint density at radius 2 is 2.17 bits per heavy atom. The van der Waals surface area contributed by atoms with Crippen molar-refractivity contribution in [2.24, 2.45) is 5.92 Å². The monoisotopic (exact) mass is 308 g/mol. The van der Waals surface area contributed by atoms with Gasteiger partial charge in [0, 0.05) is 16.0 Å². The Morgan fingerprint density at radius 1 is 1.39 bits per heavy atom. The highest BCUT2D eigenvalue weighted by atomic mass is 79.9. The topological polar surface area (TPSA) is 29.5 Å². The SMILES string of the molecule is C=CC1(O)c2cc(Br)ccc2O[C@H]2CCCC[C@@H]21. The number of halogens is 1. The van der Waals surface area contributed by atoms with Crippen molar-refractivity contribution < 1.29 is 9.84 Å². The molecule has 0 saturated heterocycles. The van der Waals surface area contributed by atoms with Crippen LogP contribution >= 0.6 is 15.9 Å². The van der Waals surface area contributed by atoms with Crippen molar-refractivity contribution >= 4 is 15.9 Å². The maximum Gasteiger partial charge on any atom is 0.126 e. The summed E-state index contributed by atoms with van der Waals surface area (Å²) in [5.41, 5.74) is -0.113. The van der Waals surface area contributed by atoms with Crippen LogP contribution in [0.4, 0.5) is 0 Å². The van der Waals surface area contributed by atoms with E-state index in [2.05, 4.69) is 22.5 Å². The summed E-state index contributed by atoms with van der Waals surface area (Å²) in [5.74, 6) is 0.925. The molecule has 1 saturated carbocycles. The number of ether oxygens (including phenoxy) is 1. The zero-order valence-electron chi connectivity index (χ0n) is 10.2. The Labute approximate surface area is 116 Å². The molecule has 1 fully saturated rings. The van der Waals surface area contributed by atoms with E-state index in [1.165, 1.54) is 6.42 Å². The van der Waals surface area contributed by atoms with Gasteiger partial charge in [-0.1, -0.05) is 35.0 Å². The number of rotatable bonds is 1. The van der Waals surface area contributed by atoms with Crippen LogP contribution in [0.25, 0.3) is 0 Å². The lowest BCUT2D eigenvalue weighted by Crippen LogP contribution is -2.48. The van der Waals surface area contributed by atoms with Gasteiger partial charge in [0.15, 0.2) is 0 Å². The van der Waals surface area contributed by atoms with Crippen LogP contribution in [0.3, 0.4) is 0 Å². The van der Waals surface area contributed by atoms with Crippen molar-refractivity contribution in [2.45, 2.75) is 37.4 Å². The molecule has 0 bridgehead atoms. The Kier molecular flexibility index (Phi) is 2.99. The van der Waals surface area contributed by atoms with Crippen molar-refractivity contribution in [2.75, 3.05) is 0 Å². The average molecular weight is 309 g/mol. The van der Waals surface area contributed by atoms with E-state index in [0.29, 0.717) is 0 Å². The third-order valence-corrected chi connectivity index (χ3v) is 4.72. The predicted octanol–water partition coefficient (Wildman–Crippen LogP) is 3.77. The predicted molar refractivity (Wildman–Crippen MR) is 74.6 cm³/mol. The third-order valence-electron chi connectivity index (χ3n) is 4.23. The molecule has 1 N–H and O–H groups in total. The molecule has 1 aliphatic heterocycles. The highest BCUT2D eigenvalue weighted by Crippen LogP contribution is 2.49. The molecule has 0 radical (unpaired) electrons. The first-order valence-electron chi connectivity index (χ1n) is 6.48. The molecule has 1 aliphatic carbocycles. The van der Waals surface area contributed by atoms with Crippen LogP contribution < -0.4 is 4.74 Å². The van der Waals surface area contributed by atoms with E-state index in [9.17, 15) is 5.11 Å². The van der Waals surface area contributed by atoms with Crippen LogP contribution in [-0.2, 0) is 5.60 Å². The Morgan fingerprint density at radius 3 is 2.94 bits per heavy atom. The Balaban J connectivity index is 2.14. The first-order chi connectivity index (χ1) is 8.65. The van der Waals surface area contributed by atoms with Gasteiger partial charge >= 0.3 is 0 Å². The Bertz CT molecular complexity index is 485. The molecule has 2 aliphatic rings. The molecule has 0 spiro atoms. The van der Waals surface area contributed by atoms with Gasteiger partial charge in [0.1, 0.15) is 17.5 Å². The molecule has 3 rings (SSSR count). The number of hydrogen-bond donors (Lipinski definition) is 1. The summed E-state index contributed by atoms with van der Waals surface area (Å²) in [4.78, 5) is 0. The summed E-state index contributed by atoms with van der Waals surface area (Å²) in [5, 5.41) is 11.0. The van der Waals surface area contributed by atoms with Crippen LogP contribution in [-0.4, -0.2) is 11.2 Å². The second-order valence-electron chi connectivity index (χ2n) is 5.22. The quantitative estimate of drug-likeness (QED) is 0.800. The van der Waals surface area contributed by atoms with Gasteiger partial charge < -0.3 is 9.84 Å². The molecular formula is C15H17BrO2. The molecule has 3 heteroatoms. The summed E-state index contributed by atoms with van der Waals surface area (Å²) >= 11 is 3.46. The van der Waals surface area contributed by atoms with E-state index in [-0.39, 0.29) is 12.0 Å². The summed E-state index contributed by atoms with van der Waals surface area (Å²) < 4.78 is 7.02. The number of benzene rings is 1. The van der Waals surface area contributed by atoms with Crippen LogP contribution in [0.5, 0.6) is 5.75 Å². The van der Waals surface area contributed by atoms with Crippen LogP contribution in [0, 0.1) is 5.92 Å². The van der Waals surface area contributed by atoms with Gasteiger partial charge in [-0.15, -0.1) is 0 Å². The first kappa shape index (κ1) is 12.2. The summed E-state index contributed by atoms with van der Waals surface area (Å²) in [6, 6.07) is 5.83. The number of hydrogen-bond acceptors (Lipinski definition) is 2. The van der Waals surface area contributed by atoms with Crippen molar-refractivity contribution in [3.8, 4) is 5.75 Å². The first-order valence-corrected chi connectivity index (χ1v) is 7.27. The van der Waals surface area contributed by atoms with E-state index >= 15 is 0 Å². The molecular weight excluding hydrogens is 292 g/mol. The summed E-state index contributed by atoms with van der Waals surface area (Å²) in [7, 11) is 0. The van der Waals surface area contributed by atoms with E-state index in [1.54, 1.807) is 6.08 Å². The fraction of sp³-hybridized carbons (Fsp3) is 0.467. The summed E-state index contributed by atoms with van der Waals surface area (Å²) in [6.45, 7) is 3.85. The van der Waals surface area contributed by atoms with Gasteiger partial charge in [-0.05, 0) is 37.5 Å². The van der Waals surface area contributed by atoms with Crippen LogP contribution in [0.1, 0.15) is 31.2 Å². The molecule has 0 aromatic heterocycles. The van der Waals surface area contributed by atoms with E-state index in [4.69, 9.17) is 4.74 Å². The van der Waals surface area contributed by atoms with Crippen LogP contribution in [0.2, 0.25) is 0 Å². The van der Waals surface area contributed by atoms with Gasteiger partial charge in [0.05, 0.1) is 0 Å². The van der Waals surface area contributed by atoms with Crippen LogP contribution in [0.15, 0.2) is 35.3 Å². The molecule has 18 heavy (non-hydrogen) atoms. The Hall–Kier alpha value is -0.800. The summed E-state index contributed by atoms with van der Waals surface area (Å²) in [6.07, 6.45) is 6.17. The van der Waals surface area contributed by atoms with Gasteiger partial charge in [0.2, 0.25) is 0 Å². The molecule has 1 unspecified atom stereocenters. The van der Waals surface area contributed by atoms with Crippen molar-refractivity contribution in [3.05, 3.63) is 40.9 Å². The molecule has 1 heterocycles. The lowest BCUT2D eigenvalue weighted by Gasteiger charge is -2.46. The normalized spacial score (nSPS) is 34.1. The lowest BCUT2D eigenvalue weighted by atomic mass is 9.70. The number of aliphatic hydroxyl groups is 1. The molecule has 2 nitrogen and oxygen atoms in total. The third kappa shape index (κ3) is 1.72. The minimum absolute atomic E-state index is 0.121. The highest BCUT2D eigenvalue weighted by Gasteiger charge is 2.47. The molecule has 1 aromatic carbocycles. The smallest absolute Gasteiger partial charge is 0.126 e. The highest BCUT2D eigenvalue weighted by molar-refractivity contribution is 9.10. The van der Waals surface area contributed by atoms with Gasteiger partial charge in [-0.2, -0.15) is 0 Å². The lowest BCUT2D eigenvalue weighted by molar-refractivity contribution is -0.0736. The minimum atomic E-state index is -0.956. The van der Waals surface area contributed by atoms with Crippen molar-refractivity contribution in [3.63, 3.8) is 0 Å². The van der Waals surface area contributed by atoms with Crippen molar-refractivity contribution in [1.82, 2.24) is 0 Å². The van der Waals surface area contributed by atoms with E-state index < -0.39 is 5.60 Å².